The zero-order valence-corrected chi connectivity index (χ0v) is 12.4. The number of ether oxygens (including phenoxy) is 1. The summed E-state index contributed by atoms with van der Waals surface area (Å²) < 4.78 is 5.71. The number of nitrogens with two attached hydrogens (primary N) is 1. The van der Waals surface area contributed by atoms with Crippen LogP contribution < -0.4 is 10.5 Å². The molecule has 3 N–H and O–H groups in total. The molecule has 0 aliphatic heterocycles. The van der Waals surface area contributed by atoms with Crippen LogP contribution in [0.3, 0.4) is 0 Å². The van der Waals surface area contributed by atoms with Crippen LogP contribution in [0.2, 0.25) is 0 Å². The Bertz CT molecular complexity index is 669. The summed E-state index contributed by atoms with van der Waals surface area (Å²) in [6.45, 7) is 6.42. The Labute approximate surface area is 124 Å². The fourth-order valence-electron chi connectivity index (χ4n) is 2.48. The lowest BCUT2D eigenvalue weighted by atomic mass is 10.0. The quantitative estimate of drug-likeness (QED) is 0.844. The van der Waals surface area contributed by atoms with Gasteiger partial charge in [0.15, 0.2) is 0 Å². The first kappa shape index (κ1) is 14.9. The van der Waals surface area contributed by atoms with E-state index in [1.165, 1.54) is 5.56 Å². The number of carboxylic acid groups (broad SMARTS) is 1. The van der Waals surface area contributed by atoms with E-state index in [0.29, 0.717) is 12.4 Å². The van der Waals surface area contributed by atoms with Crippen molar-refractivity contribution in [2.75, 3.05) is 5.73 Å². The molecule has 0 unspecified atom stereocenters. The van der Waals surface area contributed by atoms with Gasteiger partial charge in [-0.2, -0.15) is 0 Å². The minimum atomic E-state index is -1.08. The van der Waals surface area contributed by atoms with Gasteiger partial charge in [0, 0.05) is 5.69 Å². The maximum atomic E-state index is 11.3. The molecule has 2 rings (SSSR count). The van der Waals surface area contributed by atoms with Gasteiger partial charge in [-0.05, 0) is 49.6 Å². The van der Waals surface area contributed by atoms with Gasteiger partial charge in [0.2, 0.25) is 0 Å². The highest BCUT2D eigenvalue weighted by Crippen LogP contribution is 2.26. The van der Waals surface area contributed by atoms with Crippen molar-refractivity contribution >= 4 is 11.7 Å². The molecular weight excluding hydrogens is 266 g/mol. The highest BCUT2D eigenvalue weighted by atomic mass is 16.5. The molecule has 2 aromatic rings. The average molecular weight is 285 g/mol. The van der Waals surface area contributed by atoms with E-state index in [4.69, 9.17) is 10.5 Å². The van der Waals surface area contributed by atoms with Gasteiger partial charge in [-0.15, -0.1) is 0 Å². The van der Waals surface area contributed by atoms with Crippen LogP contribution in [0.4, 0.5) is 5.69 Å². The summed E-state index contributed by atoms with van der Waals surface area (Å²) in [4.78, 5) is 11.3. The fraction of sp³-hybridized carbons (Fsp3) is 0.235. The van der Waals surface area contributed by atoms with Gasteiger partial charge in [0.05, 0.1) is 0 Å². The lowest BCUT2D eigenvalue weighted by Crippen LogP contribution is -2.08. The second-order valence-electron chi connectivity index (χ2n) is 5.19. The highest BCUT2D eigenvalue weighted by Gasteiger charge is 2.15. The van der Waals surface area contributed by atoms with Crippen molar-refractivity contribution in [3.05, 3.63) is 58.1 Å². The lowest BCUT2D eigenvalue weighted by Gasteiger charge is -2.14. The summed E-state index contributed by atoms with van der Waals surface area (Å²) in [6.07, 6.45) is 0. The van der Waals surface area contributed by atoms with Crippen molar-refractivity contribution in [1.82, 2.24) is 0 Å². The normalized spacial score (nSPS) is 10.4. The van der Waals surface area contributed by atoms with Gasteiger partial charge >= 0.3 is 5.97 Å². The second kappa shape index (κ2) is 5.87. The smallest absolute Gasteiger partial charge is 0.341 e. The van der Waals surface area contributed by atoms with Crippen molar-refractivity contribution in [3.63, 3.8) is 0 Å². The van der Waals surface area contributed by atoms with Crippen LogP contribution in [0.5, 0.6) is 5.75 Å². The van der Waals surface area contributed by atoms with E-state index in [1.54, 1.807) is 18.2 Å². The van der Waals surface area contributed by atoms with Gasteiger partial charge in [0.25, 0.3) is 0 Å². The molecule has 0 heterocycles. The number of nitrogen functional groups attached to an aromatic ring is 1. The molecule has 0 aromatic heterocycles. The Hall–Kier alpha value is -2.49. The van der Waals surface area contributed by atoms with Crippen molar-refractivity contribution < 1.29 is 14.6 Å². The zero-order chi connectivity index (χ0) is 15.6. The van der Waals surface area contributed by atoms with Gasteiger partial charge in [0.1, 0.15) is 17.9 Å². The number of aromatic carboxylic acids is 1. The molecule has 0 bridgehead atoms. The zero-order valence-electron chi connectivity index (χ0n) is 12.4. The number of benzene rings is 2. The number of hydrogen-bond acceptors (Lipinski definition) is 3. The number of carboxylic acids is 1. The van der Waals surface area contributed by atoms with Crippen LogP contribution >= 0.6 is 0 Å². The summed E-state index contributed by atoms with van der Waals surface area (Å²) in [5.74, 6) is -0.790. The molecule has 2 aromatic carbocycles. The predicted octanol–water partition coefficient (Wildman–Crippen LogP) is 3.47. The Balaban J connectivity index is 2.29. The third kappa shape index (κ3) is 3.16. The fourth-order valence-corrected chi connectivity index (χ4v) is 2.48. The highest BCUT2D eigenvalue weighted by molar-refractivity contribution is 5.96. The summed E-state index contributed by atoms with van der Waals surface area (Å²) >= 11 is 0. The first-order chi connectivity index (χ1) is 9.90. The third-order valence-corrected chi connectivity index (χ3v) is 3.48. The van der Waals surface area contributed by atoms with Crippen molar-refractivity contribution in [2.45, 2.75) is 27.4 Å². The molecule has 0 saturated carbocycles. The molecule has 0 aliphatic carbocycles. The largest absolute Gasteiger partial charge is 0.488 e. The lowest BCUT2D eigenvalue weighted by molar-refractivity contribution is 0.0693. The number of carbonyl (C=O) groups is 1. The predicted molar refractivity (Wildman–Crippen MR) is 82.8 cm³/mol. The first-order valence-electron chi connectivity index (χ1n) is 6.71. The van der Waals surface area contributed by atoms with E-state index in [-0.39, 0.29) is 11.3 Å². The van der Waals surface area contributed by atoms with Crippen LogP contribution in [0.15, 0.2) is 30.3 Å². The molecule has 4 heteroatoms. The number of aryl methyl sites for hydroxylation is 3. The molecule has 0 aliphatic rings. The van der Waals surface area contributed by atoms with Crippen molar-refractivity contribution in [2.24, 2.45) is 0 Å². The standard InChI is InChI=1S/C17H19NO3/c1-10-7-11(2)13(12(3)8-10)9-21-15-6-4-5-14(18)16(15)17(19)20/h4-8H,9,18H2,1-3H3,(H,19,20). The molecule has 0 atom stereocenters. The van der Waals surface area contributed by atoms with E-state index in [1.807, 2.05) is 20.8 Å². The topological polar surface area (TPSA) is 72.5 Å². The Morgan fingerprint density at radius 1 is 1.19 bits per heavy atom. The van der Waals surface area contributed by atoms with E-state index in [9.17, 15) is 9.90 Å². The van der Waals surface area contributed by atoms with Crippen LogP contribution in [0.1, 0.15) is 32.6 Å². The molecular formula is C17H19NO3. The third-order valence-electron chi connectivity index (χ3n) is 3.48. The number of rotatable bonds is 4. The van der Waals surface area contributed by atoms with Crippen molar-refractivity contribution in [3.8, 4) is 5.75 Å². The first-order valence-corrected chi connectivity index (χ1v) is 6.71. The average Bonchev–Trinajstić information content (AvgIpc) is 2.36. The summed E-state index contributed by atoms with van der Waals surface area (Å²) in [5.41, 5.74) is 10.5. The van der Waals surface area contributed by atoms with Crippen LogP contribution in [-0.4, -0.2) is 11.1 Å². The Morgan fingerprint density at radius 3 is 2.38 bits per heavy atom. The summed E-state index contributed by atoms with van der Waals surface area (Å²) in [6, 6.07) is 9.04. The number of anilines is 1. The molecule has 0 amide bonds. The molecule has 0 fully saturated rings. The van der Waals surface area contributed by atoms with E-state index in [2.05, 4.69) is 12.1 Å². The van der Waals surface area contributed by atoms with Crippen molar-refractivity contribution in [1.29, 1.82) is 0 Å². The Kier molecular flexibility index (Phi) is 4.17. The second-order valence-corrected chi connectivity index (χ2v) is 5.19. The molecule has 0 radical (unpaired) electrons. The van der Waals surface area contributed by atoms with E-state index < -0.39 is 5.97 Å². The van der Waals surface area contributed by atoms with Gasteiger partial charge < -0.3 is 15.6 Å². The van der Waals surface area contributed by atoms with Gasteiger partial charge in [-0.25, -0.2) is 4.79 Å². The van der Waals surface area contributed by atoms with Gasteiger partial charge in [-0.1, -0.05) is 23.8 Å². The molecule has 4 nitrogen and oxygen atoms in total. The minimum absolute atomic E-state index is 0.0138. The van der Waals surface area contributed by atoms with E-state index >= 15 is 0 Å². The monoisotopic (exact) mass is 285 g/mol. The van der Waals surface area contributed by atoms with Crippen LogP contribution in [0.25, 0.3) is 0 Å². The van der Waals surface area contributed by atoms with Crippen LogP contribution in [0, 0.1) is 20.8 Å². The SMILES string of the molecule is Cc1cc(C)c(COc2cccc(N)c2C(=O)O)c(C)c1. The number of hydrogen-bond donors (Lipinski definition) is 2. The Morgan fingerprint density at radius 2 is 1.81 bits per heavy atom. The van der Waals surface area contributed by atoms with Crippen LogP contribution in [-0.2, 0) is 6.61 Å². The molecule has 110 valence electrons. The minimum Gasteiger partial charge on any atom is -0.488 e. The molecule has 0 spiro atoms. The van der Waals surface area contributed by atoms with E-state index in [0.717, 1.165) is 16.7 Å². The molecule has 0 saturated heterocycles. The maximum absolute atomic E-state index is 11.3. The molecule has 21 heavy (non-hydrogen) atoms. The summed E-state index contributed by atoms with van der Waals surface area (Å²) in [5, 5.41) is 9.23. The maximum Gasteiger partial charge on any atom is 0.341 e. The van der Waals surface area contributed by atoms with Gasteiger partial charge in [-0.3, -0.25) is 0 Å². The summed E-state index contributed by atoms with van der Waals surface area (Å²) in [7, 11) is 0.